The molecule has 0 unspecified atom stereocenters. The number of amides is 1. The molecule has 158 valence electrons. The largest absolute Gasteiger partial charge is 0.357 e. The van der Waals surface area contributed by atoms with Crippen molar-refractivity contribution >= 4 is 17.6 Å². The third-order valence-corrected chi connectivity index (χ3v) is 4.34. The zero-order valence-corrected chi connectivity index (χ0v) is 17.8. The van der Waals surface area contributed by atoms with Crippen LogP contribution in [-0.4, -0.2) is 34.7 Å². The van der Waals surface area contributed by atoms with Crippen LogP contribution in [0.1, 0.15) is 45.6 Å². The summed E-state index contributed by atoms with van der Waals surface area (Å²) in [6, 6.07) is 9.58. The number of carbonyl (C=O) groups excluding carboxylic acids is 1. The second-order valence-electron chi connectivity index (χ2n) is 7.46. The number of benzene rings is 1. The number of rotatable bonds is 11. The van der Waals surface area contributed by atoms with Gasteiger partial charge >= 0.3 is 0 Å². The summed E-state index contributed by atoms with van der Waals surface area (Å²) < 4.78 is 1.60. The van der Waals surface area contributed by atoms with E-state index < -0.39 is 0 Å². The second kappa shape index (κ2) is 12.6. The number of unbranched alkanes of at least 4 members (excludes halogenated alkanes) is 1. The van der Waals surface area contributed by atoms with Gasteiger partial charge in [0, 0.05) is 31.2 Å². The summed E-state index contributed by atoms with van der Waals surface area (Å²) in [5.41, 5.74) is 1.81. The molecule has 0 aliphatic rings. The van der Waals surface area contributed by atoms with Gasteiger partial charge in [-0.1, -0.05) is 38.8 Å². The Hall–Kier alpha value is -2.83. The molecular weight excluding hydrogens is 364 g/mol. The number of hydrogen-bond donors (Lipinski definition) is 3. The number of nitrogens with one attached hydrogen (secondary N) is 3. The van der Waals surface area contributed by atoms with Crippen LogP contribution in [0.3, 0.4) is 0 Å². The quantitative estimate of drug-likeness (QED) is 0.308. The standard InChI is InChI=1S/C22H34N6O/c1-4-23-22(24-12-6-5-9-18(2)3)25-16-19-10-7-11-20(15-19)27-21(29)17-28-14-8-13-26-28/h7-8,10-11,13-15,18H,4-6,9,12,16-17H2,1-3H3,(H,27,29)(H2,23,24,25). The van der Waals surface area contributed by atoms with Crippen LogP contribution in [-0.2, 0) is 17.9 Å². The SMILES string of the molecule is CCNC(=NCc1cccc(NC(=O)Cn2cccn2)c1)NCCCCC(C)C. The maximum Gasteiger partial charge on any atom is 0.246 e. The Kier molecular flexibility index (Phi) is 9.75. The van der Waals surface area contributed by atoms with Crippen molar-refractivity contribution in [3.05, 3.63) is 48.3 Å². The predicted octanol–water partition coefficient (Wildman–Crippen LogP) is 3.40. The summed E-state index contributed by atoms with van der Waals surface area (Å²) in [5.74, 6) is 1.47. The summed E-state index contributed by atoms with van der Waals surface area (Å²) in [6.45, 7) is 9.06. The molecule has 0 bridgehead atoms. The van der Waals surface area contributed by atoms with Crippen molar-refractivity contribution in [2.45, 2.75) is 53.1 Å². The molecule has 1 amide bonds. The van der Waals surface area contributed by atoms with Crippen LogP contribution >= 0.6 is 0 Å². The van der Waals surface area contributed by atoms with Crippen LogP contribution in [0.5, 0.6) is 0 Å². The first kappa shape index (κ1) is 22.5. The zero-order chi connectivity index (χ0) is 20.9. The molecule has 1 aromatic carbocycles. The van der Waals surface area contributed by atoms with Crippen molar-refractivity contribution in [1.82, 2.24) is 20.4 Å². The third kappa shape index (κ3) is 9.27. The summed E-state index contributed by atoms with van der Waals surface area (Å²) in [6.07, 6.45) is 7.05. The molecule has 0 saturated heterocycles. The third-order valence-electron chi connectivity index (χ3n) is 4.34. The Morgan fingerprint density at radius 3 is 2.79 bits per heavy atom. The fourth-order valence-electron chi connectivity index (χ4n) is 2.89. The van der Waals surface area contributed by atoms with Gasteiger partial charge in [-0.2, -0.15) is 5.10 Å². The minimum atomic E-state index is -0.106. The van der Waals surface area contributed by atoms with Crippen molar-refractivity contribution in [3.8, 4) is 0 Å². The molecule has 3 N–H and O–H groups in total. The number of carbonyl (C=O) groups is 1. The van der Waals surface area contributed by atoms with E-state index in [-0.39, 0.29) is 12.5 Å². The summed E-state index contributed by atoms with van der Waals surface area (Å²) in [5, 5.41) is 13.6. The van der Waals surface area contributed by atoms with Gasteiger partial charge in [-0.15, -0.1) is 0 Å². The second-order valence-corrected chi connectivity index (χ2v) is 7.46. The molecule has 2 aromatic rings. The minimum Gasteiger partial charge on any atom is -0.357 e. The van der Waals surface area contributed by atoms with Gasteiger partial charge in [0.1, 0.15) is 6.54 Å². The van der Waals surface area contributed by atoms with E-state index >= 15 is 0 Å². The van der Waals surface area contributed by atoms with Crippen LogP contribution in [0.4, 0.5) is 5.69 Å². The van der Waals surface area contributed by atoms with Crippen LogP contribution in [0, 0.1) is 5.92 Å². The van der Waals surface area contributed by atoms with Crippen LogP contribution in [0.15, 0.2) is 47.7 Å². The van der Waals surface area contributed by atoms with Gasteiger partial charge < -0.3 is 16.0 Å². The molecule has 0 atom stereocenters. The van der Waals surface area contributed by atoms with Gasteiger partial charge in [0.15, 0.2) is 5.96 Å². The number of anilines is 1. The molecule has 0 spiro atoms. The first-order chi connectivity index (χ1) is 14.1. The molecule has 2 rings (SSSR count). The lowest BCUT2D eigenvalue weighted by molar-refractivity contribution is -0.116. The molecule has 7 heteroatoms. The maximum absolute atomic E-state index is 12.1. The average molecular weight is 399 g/mol. The van der Waals surface area contributed by atoms with Gasteiger partial charge in [0.2, 0.25) is 5.91 Å². The van der Waals surface area contributed by atoms with E-state index in [0.29, 0.717) is 6.54 Å². The summed E-state index contributed by atoms with van der Waals surface area (Å²) >= 11 is 0. The van der Waals surface area contributed by atoms with E-state index in [1.165, 1.54) is 12.8 Å². The molecule has 0 radical (unpaired) electrons. The number of aromatic nitrogens is 2. The minimum absolute atomic E-state index is 0.106. The van der Waals surface area contributed by atoms with Crippen molar-refractivity contribution in [2.75, 3.05) is 18.4 Å². The zero-order valence-electron chi connectivity index (χ0n) is 17.8. The Morgan fingerprint density at radius 1 is 1.21 bits per heavy atom. The molecule has 1 aromatic heterocycles. The molecule has 0 fully saturated rings. The molecule has 0 saturated carbocycles. The monoisotopic (exact) mass is 398 g/mol. The van der Waals surface area contributed by atoms with Crippen molar-refractivity contribution in [2.24, 2.45) is 10.9 Å². The van der Waals surface area contributed by atoms with E-state index in [4.69, 9.17) is 0 Å². The Balaban J connectivity index is 1.84. The Morgan fingerprint density at radius 2 is 2.07 bits per heavy atom. The molecule has 29 heavy (non-hydrogen) atoms. The van der Waals surface area contributed by atoms with E-state index in [0.717, 1.165) is 42.6 Å². The number of nitrogens with zero attached hydrogens (tertiary/aromatic N) is 3. The van der Waals surface area contributed by atoms with E-state index in [9.17, 15) is 4.79 Å². The van der Waals surface area contributed by atoms with Crippen molar-refractivity contribution < 1.29 is 4.79 Å². The number of hydrogen-bond acceptors (Lipinski definition) is 3. The van der Waals surface area contributed by atoms with Gasteiger partial charge in [-0.3, -0.25) is 9.48 Å². The molecular formula is C22H34N6O. The summed E-state index contributed by atoms with van der Waals surface area (Å²) in [4.78, 5) is 16.8. The predicted molar refractivity (Wildman–Crippen MR) is 119 cm³/mol. The highest BCUT2D eigenvalue weighted by atomic mass is 16.2. The van der Waals surface area contributed by atoms with E-state index in [1.807, 2.05) is 24.3 Å². The van der Waals surface area contributed by atoms with Crippen LogP contribution in [0.25, 0.3) is 0 Å². The van der Waals surface area contributed by atoms with Crippen LogP contribution < -0.4 is 16.0 Å². The molecule has 0 aliphatic carbocycles. The van der Waals surface area contributed by atoms with Gasteiger partial charge in [-0.05, 0) is 43.0 Å². The fourth-order valence-corrected chi connectivity index (χ4v) is 2.89. The molecule has 7 nitrogen and oxygen atoms in total. The average Bonchev–Trinajstić information content (AvgIpc) is 3.18. The Bertz CT molecular complexity index is 754. The normalized spacial score (nSPS) is 11.5. The molecule has 0 aliphatic heterocycles. The van der Waals surface area contributed by atoms with E-state index in [2.05, 4.69) is 46.8 Å². The van der Waals surface area contributed by atoms with Gasteiger partial charge in [0.25, 0.3) is 0 Å². The van der Waals surface area contributed by atoms with Crippen molar-refractivity contribution in [3.63, 3.8) is 0 Å². The lowest BCUT2D eigenvalue weighted by Crippen LogP contribution is -2.37. The van der Waals surface area contributed by atoms with Crippen LogP contribution in [0.2, 0.25) is 0 Å². The number of aliphatic imine (C=N–C) groups is 1. The highest BCUT2D eigenvalue weighted by Crippen LogP contribution is 2.12. The highest BCUT2D eigenvalue weighted by Gasteiger charge is 2.05. The fraction of sp³-hybridized carbons (Fsp3) is 0.500. The van der Waals surface area contributed by atoms with Crippen molar-refractivity contribution in [1.29, 1.82) is 0 Å². The lowest BCUT2D eigenvalue weighted by Gasteiger charge is -2.12. The summed E-state index contributed by atoms with van der Waals surface area (Å²) in [7, 11) is 0. The van der Waals surface area contributed by atoms with Gasteiger partial charge in [0.05, 0.1) is 6.54 Å². The maximum atomic E-state index is 12.1. The highest BCUT2D eigenvalue weighted by molar-refractivity contribution is 5.90. The Labute approximate surface area is 174 Å². The van der Waals surface area contributed by atoms with Gasteiger partial charge in [-0.25, -0.2) is 4.99 Å². The topological polar surface area (TPSA) is 83.3 Å². The number of guanidine groups is 1. The van der Waals surface area contributed by atoms with E-state index in [1.54, 1.807) is 23.1 Å². The first-order valence-corrected chi connectivity index (χ1v) is 10.4. The molecule has 1 heterocycles. The first-order valence-electron chi connectivity index (χ1n) is 10.4. The smallest absolute Gasteiger partial charge is 0.246 e. The lowest BCUT2D eigenvalue weighted by atomic mass is 10.1.